The van der Waals surface area contributed by atoms with Gasteiger partial charge in [-0.15, -0.1) is 0 Å². The van der Waals surface area contributed by atoms with Crippen molar-refractivity contribution in [3.63, 3.8) is 0 Å². The van der Waals surface area contributed by atoms with E-state index in [1.807, 2.05) is 0 Å². The number of halogens is 4. The molecule has 1 heterocycles. The molecule has 1 amide bonds. The Kier molecular flexibility index (Phi) is 5.84. The lowest BCUT2D eigenvalue weighted by atomic mass is 10.3. The minimum Gasteiger partial charge on any atom is -0.494 e. The number of thiazole rings is 1. The Morgan fingerprint density at radius 2 is 2.17 bits per heavy atom. The Balaban J connectivity index is 1.72. The molecule has 1 aromatic carbocycles. The number of anilines is 1. The van der Waals surface area contributed by atoms with Crippen LogP contribution in [0.3, 0.4) is 0 Å². The quantitative estimate of drug-likeness (QED) is 0.761. The van der Waals surface area contributed by atoms with Crippen molar-refractivity contribution in [2.24, 2.45) is 0 Å². The van der Waals surface area contributed by atoms with Crippen LogP contribution in [0.15, 0.2) is 30.5 Å². The fraction of sp³-hybridized carbons (Fsp3) is 0.286. The van der Waals surface area contributed by atoms with Crippen LogP contribution in [0.1, 0.15) is 17.7 Å². The molecule has 0 saturated heterocycles. The zero-order valence-electron chi connectivity index (χ0n) is 11.7. The van der Waals surface area contributed by atoms with Crippen LogP contribution >= 0.6 is 22.9 Å². The van der Waals surface area contributed by atoms with Crippen molar-refractivity contribution in [2.45, 2.75) is 19.0 Å². The van der Waals surface area contributed by atoms with Gasteiger partial charge in [0.1, 0.15) is 10.6 Å². The van der Waals surface area contributed by atoms with Crippen LogP contribution in [-0.4, -0.2) is 17.5 Å². The molecule has 0 aliphatic carbocycles. The van der Waals surface area contributed by atoms with Gasteiger partial charge < -0.3 is 10.1 Å². The van der Waals surface area contributed by atoms with E-state index in [-0.39, 0.29) is 11.6 Å². The average molecular weight is 365 g/mol. The molecule has 23 heavy (non-hydrogen) atoms. The number of ether oxygens (including phenoxy) is 1. The van der Waals surface area contributed by atoms with E-state index in [1.165, 1.54) is 0 Å². The smallest absolute Gasteiger partial charge is 0.427 e. The first-order valence-electron chi connectivity index (χ1n) is 6.56. The Morgan fingerprint density at radius 1 is 1.39 bits per heavy atom. The summed E-state index contributed by atoms with van der Waals surface area (Å²) in [6.45, 7) is 0.291. The van der Waals surface area contributed by atoms with Crippen LogP contribution in [-0.2, 0) is 11.0 Å². The molecule has 1 aromatic heterocycles. The first kappa shape index (κ1) is 17.6. The number of aromatic nitrogens is 1. The predicted molar refractivity (Wildman–Crippen MR) is 81.9 cm³/mol. The fourth-order valence-corrected chi connectivity index (χ4v) is 2.50. The molecule has 1 N–H and O–H groups in total. The number of benzene rings is 1. The zero-order chi connectivity index (χ0) is 16.9. The second-order valence-electron chi connectivity index (χ2n) is 4.48. The van der Waals surface area contributed by atoms with E-state index < -0.39 is 17.0 Å². The normalized spacial score (nSPS) is 11.3. The Bertz CT molecular complexity index is 676. The number of nitrogens with one attached hydrogen (secondary N) is 1. The fourth-order valence-electron chi connectivity index (χ4n) is 1.62. The van der Waals surface area contributed by atoms with Gasteiger partial charge in [0, 0.05) is 11.4 Å². The molecule has 0 atom stereocenters. The number of alkyl halides is 3. The number of nitrogens with zero attached hydrogens (tertiary/aromatic N) is 1. The Hall–Kier alpha value is -1.80. The molecular formula is C14H12ClF3N2O2S. The van der Waals surface area contributed by atoms with E-state index in [0.717, 1.165) is 0 Å². The van der Waals surface area contributed by atoms with Crippen LogP contribution in [0.25, 0.3) is 0 Å². The van der Waals surface area contributed by atoms with Gasteiger partial charge in [-0.2, -0.15) is 13.2 Å². The summed E-state index contributed by atoms with van der Waals surface area (Å²) in [6.07, 6.45) is -3.23. The highest BCUT2D eigenvalue weighted by Gasteiger charge is 2.33. The van der Waals surface area contributed by atoms with Gasteiger partial charge in [-0.25, -0.2) is 4.98 Å². The third-order valence-electron chi connectivity index (χ3n) is 2.64. The third-order valence-corrected chi connectivity index (χ3v) is 3.84. The van der Waals surface area contributed by atoms with Gasteiger partial charge in [-0.1, -0.05) is 29.0 Å². The van der Waals surface area contributed by atoms with E-state index in [4.69, 9.17) is 16.3 Å². The van der Waals surface area contributed by atoms with Crippen molar-refractivity contribution in [3.8, 4) is 5.75 Å². The molecule has 0 fully saturated rings. The summed E-state index contributed by atoms with van der Waals surface area (Å²) in [5.41, 5.74) is 0. The van der Waals surface area contributed by atoms with E-state index in [9.17, 15) is 18.0 Å². The number of carbonyl (C=O) groups is 1. The molecule has 0 aliphatic heterocycles. The van der Waals surface area contributed by atoms with Crippen molar-refractivity contribution in [2.75, 3.05) is 11.9 Å². The maximum absolute atomic E-state index is 12.4. The molecule has 4 nitrogen and oxygen atoms in total. The molecule has 9 heteroatoms. The molecule has 0 radical (unpaired) electrons. The van der Waals surface area contributed by atoms with Gasteiger partial charge in [0.15, 0.2) is 5.13 Å². The van der Waals surface area contributed by atoms with E-state index in [1.54, 1.807) is 24.3 Å². The van der Waals surface area contributed by atoms with E-state index in [2.05, 4.69) is 10.3 Å². The molecule has 124 valence electrons. The maximum atomic E-state index is 12.4. The monoisotopic (exact) mass is 364 g/mol. The molecule has 0 spiro atoms. The van der Waals surface area contributed by atoms with Crippen LogP contribution in [0.5, 0.6) is 5.75 Å². The van der Waals surface area contributed by atoms with Crippen LogP contribution in [0, 0.1) is 0 Å². The Morgan fingerprint density at radius 3 is 2.83 bits per heavy atom. The van der Waals surface area contributed by atoms with Crippen molar-refractivity contribution in [1.29, 1.82) is 0 Å². The molecule has 0 saturated carbocycles. The van der Waals surface area contributed by atoms with Gasteiger partial charge in [-0.3, -0.25) is 4.79 Å². The van der Waals surface area contributed by atoms with Crippen molar-refractivity contribution in [1.82, 2.24) is 4.98 Å². The molecule has 0 aliphatic rings. The lowest BCUT2D eigenvalue weighted by molar-refractivity contribution is -0.134. The highest BCUT2D eigenvalue weighted by atomic mass is 35.5. The number of hydrogen-bond acceptors (Lipinski definition) is 4. The number of carbonyl (C=O) groups excluding carboxylic acids is 1. The standard InChI is InChI=1S/C14H12ClF3N2O2S/c15-9-3-1-4-10(7-9)22-6-2-5-12(21)20-13-19-8-11(23-13)14(16,17)18/h1,3-4,7-8H,2,5-6H2,(H,19,20,21). The molecular weight excluding hydrogens is 353 g/mol. The summed E-state index contributed by atoms with van der Waals surface area (Å²) >= 11 is 6.19. The number of rotatable bonds is 6. The highest BCUT2D eigenvalue weighted by Crippen LogP contribution is 2.35. The number of amides is 1. The summed E-state index contributed by atoms with van der Waals surface area (Å²) < 4.78 is 42.6. The summed E-state index contributed by atoms with van der Waals surface area (Å²) in [5.74, 6) is 0.176. The van der Waals surface area contributed by atoms with Crippen LogP contribution in [0.4, 0.5) is 18.3 Å². The lowest BCUT2D eigenvalue weighted by Crippen LogP contribution is -2.12. The third kappa shape index (κ3) is 5.72. The van der Waals surface area contributed by atoms with Gasteiger partial charge in [0.2, 0.25) is 5.91 Å². The van der Waals surface area contributed by atoms with Crippen molar-refractivity contribution >= 4 is 34.0 Å². The zero-order valence-corrected chi connectivity index (χ0v) is 13.3. The SMILES string of the molecule is O=C(CCCOc1cccc(Cl)c1)Nc1ncc(C(F)(F)F)s1. The van der Waals surface area contributed by atoms with Crippen LogP contribution in [0.2, 0.25) is 5.02 Å². The summed E-state index contributed by atoms with van der Waals surface area (Å²) in [6, 6.07) is 6.84. The van der Waals surface area contributed by atoms with Gasteiger partial charge in [-0.05, 0) is 24.6 Å². The van der Waals surface area contributed by atoms with Crippen LogP contribution < -0.4 is 10.1 Å². The second-order valence-corrected chi connectivity index (χ2v) is 5.95. The molecule has 0 bridgehead atoms. The van der Waals surface area contributed by atoms with Gasteiger partial charge >= 0.3 is 6.18 Å². The summed E-state index contributed by atoms with van der Waals surface area (Å²) in [4.78, 5) is 14.3. The van der Waals surface area contributed by atoms with Crippen molar-refractivity contribution < 1.29 is 22.7 Å². The van der Waals surface area contributed by atoms with Crippen molar-refractivity contribution in [3.05, 3.63) is 40.4 Å². The number of hydrogen-bond donors (Lipinski definition) is 1. The van der Waals surface area contributed by atoms with E-state index >= 15 is 0 Å². The largest absolute Gasteiger partial charge is 0.494 e. The highest BCUT2D eigenvalue weighted by molar-refractivity contribution is 7.15. The molecule has 2 rings (SSSR count). The predicted octanol–water partition coefficient (Wildman–Crippen LogP) is 4.61. The molecule has 2 aromatic rings. The minimum atomic E-state index is -4.45. The Labute approximate surface area is 139 Å². The maximum Gasteiger partial charge on any atom is 0.427 e. The average Bonchev–Trinajstić information content (AvgIpc) is 2.92. The summed E-state index contributed by atoms with van der Waals surface area (Å²) in [7, 11) is 0. The topological polar surface area (TPSA) is 51.2 Å². The summed E-state index contributed by atoms with van der Waals surface area (Å²) in [5, 5.41) is 2.81. The molecule has 0 unspecified atom stereocenters. The second kappa shape index (κ2) is 7.65. The lowest BCUT2D eigenvalue weighted by Gasteiger charge is -2.06. The minimum absolute atomic E-state index is 0.0712. The first-order valence-corrected chi connectivity index (χ1v) is 7.75. The van der Waals surface area contributed by atoms with Gasteiger partial charge in [0.25, 0.3) is 0 Å². The first-order chi connectivity index (χ1) is 10.8. The van der Waals surface area contributed by atoms with E-state index in [0.29, 0.717) is 41.3 Å². The van der Waals surface area contributed by atoms with Gasteiger partial charge in [0.05, 0.1) is 12.8 Å².